The van der Waals surface area contributed by atoms with E-state index in [1.165, 1.54) is 16.0 Å². The summed E-state index contributed by atoms with van der Waals surface area (Å²) in [5.41, 5.74) is 2.82. The molecule has 0 spiro atoms. The predicted molar refractivity (Wildman–Crippen MR) is 62.0 cm³/mol. The first-order valence-electron chi connectivity index (χ1n) is 4.48. The highest BCUT2D eigenvalue weighted by atomic mass is 32.2. The molecule has 1 heteroatoms. The molecular formula is C12H16S. The van der Waals surface area contributed by atoms with Gasteiger partial charge in [-0.1, -0.05) is 35.9 Å². The average molecular weight is 192 g/mol. The quantitative estimate of drug-likeness (QED) is 0.700. The van der Waals surface area contributed by atoms with Crippen LogP contribution in [0.25, 0.3) is 0 Å². The highest BCUT2D eigenvalue weighted by molar-refractivity contribution is 8.02. The van der Waals surface area contributed by atoms with Crippen LogP contribution in [0.15, 0.2) is 40.8 Å². The molecule has 0 aliphatic heterocycles. The van der Waals surface area contributed by atoms with Crippen molar-refractivity contribution < 1.29 is 0 Å². The van der Waals surface area contributed by atoms with Crippen molar-refractivity contribution >= 4 is 11.8 Å². The second-order valence-electron chi connectivity index (χ2n) is 3.29. The van der Waals surface area contributed by atoms with Gasteiger partial charge in [0.15, 0.2) is 0 Å². The minimum absolute atomic E-state index is 1.07. The van der Waals surface area contributed by atoms with Crippen LogP contribution in [0.5, 0.6) is 0 Å². The summed E-state index contributed by atoms with van der Waals surface area (Å²) >= 11 is 1.85. The van der Waals surface area contributed by atoms with Crippen molar-refractivity contribution in [3.63, 3.8) is 0 Å². The summed E-state index contributed by atoms with van der Waals surface area (Å²) in [4.78, 5) is 1.48. The van der Waals surface area contributed by atoms with Gasteiger partial charge in [0.25, 0.3) is 0 Å². The van der Waals surface area contributed by atoms with Crippen LogP contribution < -0.4 is 0 Å². The van der Waals surface area contributed by atoms with E-state index in [2.05, 4.69) is 50.4 Å². The van der Waals surface area contributed by atoms with Gasteiger partial charge >= 0.3 is 0 Å². The van der Waals surface area contributed by atoms with Gasteiger partial charge in [-0.05, 0) is 30.6 Å². The third-order valence-electron chi connectivity index (χ3n) is 2.01. The third-order valence-corrected chi connectivity index (χ3v) is 3.06. The molecule has 0 aromatic heterocycles. The van der Waals surface area contributed by atoms with Crippen LogP contribution in [0.2, 0.25) is 0 Å². The maximum Gasteiger partial charge on any atom is 0.00336 e. The Kier molecular flexibility index (Phi) is 4.10. The SMILES string of the molecule is CSC(Cc1ccccc1)=C(C)C. The molecule has 0 fully saturated rings. The lowest BCUT2D eigenvalue weighted by Gasteiger charge is -2.06. The number of allylic oxidation sites excluding steroid dienone is 2. The van der Waals surface area contributed by atoms with Gasteiger partial charge in [-0.3, -0.25) is 0 Å². The van der Waals surface area contributed by atoms with Crippen molar-refractivity contribution in [2.24, 2.45) is 0 Å². The van der Waals surface area contributed by atoms with Gasteiger partial charge in [-0.2, -0.15) is 0 Å². The van der Waals surface area contributed by atoms with Crippen LogP contribution in [0.3, 0.4) is 0 Å². The van der Waals surface area contributed by atoms with Gasteiger partial charge in [0, 0.05) is 6.42 Å². The second-order valence-corrected chi connectivity index (χ2v) is 4.19. The summed E-state index contributed by atoms with van der Waals surface area (Å²) in [5.74, 6) is 0. The topological polar surface area (TPSA) is 0 Å². The first kappa shape index (κ1) is 10.4. The van der Waals surface area contributed by atoms with E-state index >= 15 is 0 Å². The first-order valence-corrected chi connectivity index (χ1v) is 5.70. The minimum Gasteiger partial charge on any atom is -0.134 e. The fraction of sp³-hybridized carbons (Fsp3) is 0.333. The predicted octanol–water partition coefficient (Wildman–Crippen LogP) is 3.89. The molecule has 0 nitrogen and oxygen atoms in total. The summed E-state index contributed by atoms with van der Waals surface area (Å²) in [6.07, 6.45) is 3.22. The Labute approximate surface area is 85.1 Å². The van der Waals surface area contributed by atoms with E-state index < -0.39 is 0 Å². The summed E-state index contributed by atoms with van der Waals surface area (Å²) < 4.78 is 0. The van der Waals surface area contributed by atoms with E-state index in [1.807, 2.05) is 11.8 Å². The Morgan fingerprint density at radius 2 is 1.77 bits per heavy atom. The Morgan fingerprint density at radius 3 is 2.23 bits per heavy atom. The van der Waals surface area contributed by atoms with Gasteiger partial charge in [0.1, 0.15) is 0 Å². The van der Waals surface area contributed by atoms with Crippen LogP contribution in [0.1, 0.15) is 19.4 Å². The summed E-state index contributed by atoms with van der Waals surface area (Å²) in [7, 11) is 0. The number of hydrogen-bond donors (Lipinski definition) is 0. The smallest absolute Gasteiger partial charge is 0.00336 e. The van der Waals surface area contributed by atoms with E-state index in [0.29, 0.717) is 0 Å². The van der Waals surface area contributed by atoms with Crippen molar-refractivity contribution in [2.45, 2.75) is 20.3 Å². The van der Waals surface area contributed by atoms with Crippen LogP contribution in [0.4, 0.5) is 0 Å². The number of thioether (sulfide) groups is 1. The highest BCUT2D eigenvalue weighted by Gasteiger charge is 1.99. The van der Waals surface area contributed by atoms with Crippen LogP contribution in [0, 0.1) is 0 Å². The maximum atomic E-state index is 2.18. The molecule has 1 aromatic carbocycles. The maximum absolute atomic E-state index is 2.18. The fourth-order valence-corrected chi connectivity index (χ4v) is 1.95. The average Bonchev–Trinajstić information content (AvgIpc) is 2.15. The van der Waals surface area contributed by atoms with E-state index in [-0.39, 0.29) is 0 Å². The fourth-order valence-electron chi connectivity index (χ4n) is 1.23. The third kappa shape index (κ3) is 3.27. The van der Waals surface area contributed by atoms with Crippen molar-refractivity contribution in [1.82, 2.24) is 0 Å². The Hall–Kier alpha value is -0.690. The zero-order valence-electron chi connectivity index (χ0n) is 8.50. The van der Waals surface area contributed by atoms with Gasteiger partial charge in [-0.25, -0.2) is 0 Å². The molecule has 1 aromatic rings. The molecule has 1 rings (SSSR count). The lowest BCUT2D eigenvalue weighted by Crippen LogP contribution is -1.88. The number of rotatable bonds is 3. The molecule has 0 amide bonds. The molecule has 0 unspecified atom stereocenters. The van der Waals surface area contributed by atoms with Crippen LogP contribution >= 0.6 is 11.8 Å². The van der Waals surface area contributed by atoms with Crippen LogP contribution in [-0.4, -0.2) is 6.26 Å². The summed E-state index contributed by atoms with van der Waals surface area (Å²) in [6, 6.07) is 10.6. The molecule has 70 valence electrons. The summed E-state index contributed by atoms with van der Waals surface area (Å²) in [6.45, 7) is 4.35. The minimum atomic E-state index is 1.07. The standard InChI is InChI=1S/C12H16S/c1-10(2)12(13-3)9-11-7-5-4-6-8-11/h4-8H,9H2,1-3H3. The van der Waals surface area contributed by atoms with Crippen molar-refractivity contribution in [3.8, 4) is 0 Å². The highest BCUT2D eigenvalue weighted by Crippen LogP contribution is 2.21. The molecule has 0 bridgehead atoms. The lowest BCUT2D eigenvalue weighted by molar-refractivity contribution is 1.19. The molecule has 0 N–H and O–H groups in total. The normalized spacial score (nSPS) is 9.77. The molecule has 0 saturated heterocycles. The van der Waals surface area contributed by atoms with Crippen molar-refractivity contribution in [3.05, 3.63) is 46.4 Å². The molecular weight excluding hydrogens is 176 g/mol. The first-order chi connectivity index (χ1) is 6.24. The van der Waals surface area contributed by atoms with Crippen molar-refractivity contribution in [2.75, 3.05) is 6.26 Å². The molecule has 13 heavy (non-hydrogen) atoms. The second kappa shape index (κ2) is 5.13. The van der Waals surface area contributed by atoms with E-state index in [9.17, 15) is 0 Å². The Morgan fingerprint density at radius 1 is 1.15 bits per heavy atom. The van der Waals surface area contributed by atoms with Gasteiger partial charge < -0.3 is 0 Å². The largest absolute Gasteiger partial charge is 0.134 e. The van der Waals surface area contributed by atoms with E-state index in [0.717, 1.165) is 6.42 Å². The monoisotopic (exact) mass is 192 g/mol. The van der Waals surface area contributed by atoms with Crippen LogP contribution in [-0.2, 0) is 6.42 Å². The van der Waals surface area contributed by atoms with Gasteiger partial charge in [0.2, 0.25) is 0 Å². The Balaban J connectivity index is 2.74. The molecule has 0 aliphatic carbocycles. The lowest BCUT2D eigenvalue weighted by atomic mass is 10.1. The molecule has 0 heterocycles. The van der Waals surface area contributed by atoms with Gasteiger partial charge in [0.05, 0.1) is 0 Å². The van der Waals surface area contributed by atoms with E-state index in [1.54, 1.807) is 0 Å². The molecule has 0 saturated carbocycles. The van der Waals surface area contributed by atoms with E-state index in [4.69, 9.17) is 0 Å². The zero-order valence-corrected chi connectivity index (χ0v) is 9.32. The van der Waals surface area contributed by atoms with Gasteiger partial charge in [-0.15, -0.1) is 11.8 Å². The number of benzene rings is 1. The Bertz CT molecular complexity index is 281. The zero-order chi connectivity index (χ0) is 9.68. The van der Waals surface area contributed by atoms with Crippen molar-refractivity contribution in [1.29, 1.82) is 0 Å². The number of hydrogen-bond acceptors (Lipinski definition) is 1. The molecule has 0 aliphatic rings. The summed E-state index contributed by atoms with van der Waals surface area (Å²) in [5, 5.41) is 0. The molecule has 0 radical (unpaired) electrons. The molecule has 0 atom stereocenters.